The molecule has 1 aliphatic rings. The van der Waals surface area contributed by atoms with E-state index in [9.17, 15) is 4.79 Å². The van der Waals surface area contributed by atoms with E-state index in [0.717, 1.165) is 17.0 Å². The normalized spacial score (nSPS) is 16.9. The summed E-state index contributed by atoms with van der Waals surface area (Å²) >= 11 is 1.63. The van der Waals surface area contributed by atoms with Gasteiger partial charge in [0.25, 0.3) is 5.91 Å². The van der Waals surface area contributed by atoms with Crippen LogP contribution in [0.5, 0.6) is 0 Å². The van der Waals surface area contributed by atoms with Gasteiger partial charge in [0.2, 0.25) is 0 Å². The van der Waals surface area contributed by atoms with Gasteiger partial charge in [0.15, 0.2) is 0 Å². The molecule has 1 atom stereocenters. The molecule has 4 heterocycles. The molecule has 4 rings (SSSR count). The predicted octanol–water partition coefficient (Wildman–Crippen LogP) is 1.98. The maximum Gasteiger partial charge on any atom is 0.269 e. The van der Waals surface area contributed by atoms with Gasteiger partial charge in [-0.05, 0) is 23.6 Å². The highest BCUT2D eigenvalue weighted by Crippen LogP contribution is 2.26. The number of hydrogen-bond acceptors (Lipinski definition) is 6. The van der Waals surface area contributed by atoms with Crippen LogP contribution in [0.1, 0.15) is 16.2 Å². The van der Waals surface area contributed by atoms with E-state index in [1.165, 1.54) is 0 Å². The monoisotopic (exact) mass is 355 g/mol. The van der Waals surface area contributed by atoms with Crippen molar-refractivity contribution in [3.63, 3.8) is 0 Å². The zero-order chi connectivity index (χ0) is 17.1. The minimum atomic E-state index is -0.178. The molecule has 1 N–H and O–H groups in total. The minimum Gasteiger partial charge on any atom is -0.375 e. The van der Waals surface area contributed by atoms with Crippen LogP contribution in [-0.2, 0) is 17.9 Å². The lowest BCUT2D eigenvalue weighted by Gasteiger charge is -2.14. The van der Waals surface area contributed by atoms with Crippen LogP contribution in [0, 0.1) is 5.92 Å². The van der Waals surface area contributed by atoms with Gasteiger partial charge in [0, 0.05) is 36.1 Å². The highest BCUT2D eigenvalue weighted by molar-refractivity contribution is 7.08. The van der Waals surface area contributed by atoms with E-state index in [4.69, 9.17) is 4.74 Å². The van der Waals surface area contributed by atoms with Gasteiger partial charge in [0.1, 0.15) is 11.4 Å². The lowest BCUT2D eigenvalue weighted by Crippen LogP contribution is -2.33. The van der Waals surface area contributed by atoms with Crippen molar-refractivity contribution in [2.45, 2.75) is 13.2 Å². The Balaban J connectivity index is 1.43. The molecule has 8 heteroatoms. The van der Waals surface area contributed by atoms with E-state index in [0.29, 0.717) is 32.0 Å². The quantitative estimate of drug-likeness (QED) is 0.774. The minimum absolute atomic E-state index is 0.130. The predicted molar refractivity (Wildman–Crippen MR) is 93.1 cm³/mol. The number of carbonyl (C=O) groups is 1. The summed E-state index contributed by atoms with van der Waals surface area (Å²) in [6.07, 6.45) is 1.61. The van der Waals surface area contributed by atoms with Crippen molar-refractivity contribution < 1.29 is 9.53 Å². The molecule has 0 aliphatic carbocycles. The first-order valence-electron chi connectivity index (χ1n) is 8.03. The highest BCUT2D eigenvalue weighted by atomic mass is 32.1. The third-order valence-electron chi connectivity index (χ3n) is 4.10. The Hall–Kier alpha value is -2.58. The topological polar surface area (TPSA) is 81.9 Å². The van der Waals surface area contributed by atoms with Crippen LogP contribution in [0.4, 0.5) is 0 Å². The summed E-state index contributed by atoms with van der Waals surface area (Å²) in [4.78, 5) is 16.2. The van der Waals surface area contributed by atoms with Gasteiger partial charge in [-0.25, -0.2) is 4.68 Å². The van der Waals surface area contributed by atoms with Gasteiger partial charge >= 0.3 is 0 Å². The Morgan fingerprint density at radius 2 is 2.36 bits per heavy atom. The molecule has 0 saturated heterocycles. The number of rotatable bonds is 4. The molecule has 0 fully saturated rings. The summed E-state index contributed by atoms with van der Waals surface area (Å²) in [7, 11) is 0. The van der Waals surface area contributed by atoms with Gasteiger partial charge < -0.3 is 10.1 Å². The van der Waals surface area contributed by atoms with Crippen LogP contribution in [0.2, 0.25) is 0 Å². The van der Waals surface area contributed by atoms with Gasteiger partial charge in [0.05, 0.1) is 18.9 Å². The zero-order valence-corrected chi connectivity index (χ0v) is 14.3. The SMILES string of the molecule is O=C(NCC1COCc2c(-c3ccsc3)nnn2C1)c1ccccn1. The summed E-state index contributed by atoms with van der Waals surface area (Å²) in [5.74, 6) is -0.0476. The lowest BCUT2D eigenvalue weighted by atomic mass is 10.1. The Morgan fingerprint density at radius 1 is 1.40 bits per heavy atom. The largest absolute Gasteiger partial charge is 0.375 e. The molecule has 25 heavy (non-hydrogen) atoms. The highest BCUT2D eigenvalue weighted by Gasteiger charge is 2.23. The van der Waals surface area contributed by atoms with Crippen molar-refractivity contribution >= 4 is 17.2 Å². The lowest BCUT2D eigenvalue weighted by molar-refractivity contribution is 0.0849. The number of fused-ring (bicyclic) bond motifs is 1. The van der Waals surface area contributed by atoms with E-state index < -0.39 is 0 Å². The van der Waals surface area contributed by atoms with E-state index in [2.05, 4.69) is 26.0 Å². The van der Waals surface area contributed by atoms with Gasteiger partial charge in [-0.1, -0.05) is 11.3 Å². The summed E-state index contributed by atoms with van der Waals surface area (Å²) in [6, 6.07) is 7.31. The summed E-state index contributed by atoms with van der Waals surface area (Å²) < 4.78 is 7.69. The Labute approximate surface area is 148 Å². The third kappa shape index (κ3) is 3.45. The number of nitrogens with zero attached hydrogens (tertiary/aromatic N) is 4. The standard InChI is InChI=1S/C17H17N5O2S/c23-17(14-3-1-2-5-18-14)19-7-12-8-22-15(10-24-9-12)16(20-21-22)13-4-6-25-11-13/h1-6,11-12H,7-10H2,(H,19,23). The fourth-order valence-corrected chi connectivity index (χ4v) is 3.45. The molecule has 7 nitrogen and oxygen atoms in total. The average molecular weight is 355 g/mol. The van der Waals surface area contributed by atoms with Crippen molar-refractivity contribution in [2.24, 2.45) is 5.92 Å². The van der Waals surface area contributed by atoms with Crippen LogP contribution < -0.4 is 5.32 Å². The molecule has 0 bridgehead atoms. The molecule has 1 amide bonds. The number of ether oxygens (including phenoxy) is 1. The number of carbonyl (C=O) groups excluding carboxylic acids is 1. The molecule has 128 valence electrons. The van der Waals surface area contributed by atoms with E-state index in [1.807, 2.05) is 16.1 Å². The fourth-order valence-electron chi connectivity index (χ4n) is 2.81. The molecular formula is C17H17N5O2S. The summed E-state index contributed by atoms with van der Waals surface area (Å²) in [6.45, 7) is 2.20. The van der Waals surface area contributed by atoms with Crippen LogP contribution in [0.3, 0.4) is 0 Å². The average Bonchev–Trinajstić information content (AvgIpc) is 3.26. The van der Waals surface area contributed by atoms with Crippen molar-refractivity contribution in [1.29, 1.82) is 0 Å². The van der Waals surface area contributed by atoms with E-state index in [-0.39, 0.29) is 11.8 Å². The number of nitrogens with one attached hydrogen (secondary N) is 1. The van der Waals surface area contributed by atoms with E-state index >= 15 is 0 Å². The number of hydrogen-bond donors (Lipinski definition) is 1. The number of pyridine rings is 1. The smallest absolute Gasteiger partial charge is 0.269 e. The molecule has 0 radical (unpaired) electrons. The molecular weight excluding hydrogens is 338 g/mol. The maximum atomic E-state index is 12.1. The molecule has 0 aromatic carbocycles. The summed E-state index contributed by atoms with van der Waals surface area (Å²) in [5.41, 5.74) is 3.34. The van der Waals surface area contributed by atoms with Crippen LogP contribution in [-0.4, -0.2) is 39.0 Å². The second-order valence-corrected chi connectivity index (χ2v) is 6.67. The van der Waals surface area contributed by atoms with Crippen molar-refractivity contribution in [3.8, 4) is 11.3 Å². The first kappa shape index (κ1) is 15.9. The Kier molecular flexibility index (Phi) is 4.53. The third-order valence-corrected chi connectivity index (χ3v) is 4.79. The zero-order valence-electron chi connectivity index (χ0n) is 13.5. The number of thiophene rings is 1. The first-order chi connectivity index (χ1) is 12.3. The first-order valence-corrected chi connectivity index (χ1v) is 8.97. The van der Waals surface area contributed by atoms with Gasteiger partial charge in [-0.15, -0.1) is 5.10 Å². The molecule has 0 saturated carbocycles. The van der Waals surface area contributed by atoms with Crippen LogP contribution in [0.15, 0.2) is 41.2 Å². The number of amides is 1. The molecule has 3 aromatic heterocycles. The summed E-state index contributed by atoms with van der Waals surface area (Å²) in [5, 5.41) is 15.6. The van der Waals surface area contributed by atoms with E-state index in [1.54, 1.807) is 35.7 Å². The Morgan fingerprint density at radius 3 is 3.16 bits per heavy atom. The second kappa shape index (κ2) is 7.12. The van der Waals surface area contributed by atoms with Crippen LogP contribution >= 0.6 is 11.3 Å². The molecule has 1 unspecified atom stereocenters. The van der Waals surface area contributed by atoms with Gasteiger partial charge in [-0.2, -0.15) is 11.3 Å². The molecule has 0 spiro atoms. The van der Waals surface area contributed by atoms with Crippen molar-refractivity contribution in [2.75, 3.05) is 13.2 Å². The molecule has 3 aromatic rings. The van der Waals surface area contributed by atoms with Gasteiger partial charge in [-0.3, -0.25) is 9.78 Å². The maximum absolute atomic E-state index is 12.1. The van der Waals surface area contributed by atoms with Crippen molar-refractivity contribution in [1.82, 2.24) is 25.3 Å². The van der Waals surface area contributed by atoms with Crippen LogP contribution in [0.25, 0.3) is 11.3 Å². The Bertz CT molecular complexity index is 847. The molecule has 1 aliphatic heterocycles. The number of aromatic nitrogens is 4. The second-order valence-electron chi connectivity index (χ2n) is 5.89. The fraction of sp³-hybridized carbons (Fsp3) is 0.294. The van der Waals surface area contributed by atoms with Crippen molar-refractivity contribution in [3.05, 3.63) is 52.6 Å².